The molecule has 2 aromatic carbocycles. The van der Waals surface area contributed by atoms with Crippen molar-refractivity contribution in [1.82, 2.24) is 9.62 Å². The van der Waals surface area contributed by atoms with Gasteiger partial charge in [0.05, 0.1) is 12.3 Å². The maximum absolute atomic E-state index is 13.9. The van der Waals surface area contributed by atoms with Crippen molar-refractivity contribution in [3.8, 4) is 11.1 Å². The first-order chi connectivity index (χ1) is 14.7. The molecule has 2 aliphatic rings. The fourth-order valence-corrected chi connectivity index (χ4v) is 4.87. The van der Waals surface area contributed by atoms with E-state index in [1.54, 1.807) is 0 Å². The van der Waals surface area contributed by atoms with Crippen LogP contribution in [0.25, 0.3) is 11.1 Å². The van der Waals surface area contributed by atoms with E-state index in [0.717, 1.165) is 22.9 Å². The van der Waals surface area contributed by atoms with Gasteiger partial charge in [0.25, 0.3) is 0 Å². The highest BCUT2D eigenvalue weighted by Gasteiger charge is 2.46. The van der Waals surface area contributed by atoms with Crippen molar-refractivity contribution in [1.29, 1.82) is 0 Å². The van der Waals surface area contributed by atoms with Gasteiger partial charge in [0.2, 0.25) is 10.0 Å². The van der Waals surface area contributed by atoms with Crippen molar-refractivity contribution >= 4 is 16.1 Å². The third-order valence-electron chi connectivity index (χ3n) is 5.87. The van der Waals surface area contributed by atoms with Gasteiger partial charge in [-0.05, 0) is 42.4 Å². The summed E-state index contributed by atoms with van der Waals surface area (Å²) < 4.78 is 45.5. The maximum Gasteiger partial charge on any atom is 0.410 e. The van der Waals surface area contributed by atoms with Gasteiger partial charge in [0.15, 0.2) is 0 Å². The number of halogens is 1. The number of hydrogen-bond acceptors (Lipinski definition) is 4. The molecule has 31 heavy (non-hydrogen) atoms. The van der Waals surface area contributed by atoms with Crippen molar-refractivity contribution in [2.24, 2.45) is 0 Å². The zero-order valence-electron chi connectivity index (χ0n) is 17.5. The van der Waals surface area contributed by atoms with Crippen molar-refractivity contribution < 1.29 is 22.3 Å². The van der Waals surface area contributed by atoms with Gasteiger partial charge in [0, 0.05) is 12.6 Å². The summed E-state index contributed by atoms with van der Waals surface area (Å²) in [6.07, 6.45) is 2.28. The lowest BCUT2D eigenvalue weighted by Crippen LogP contribution is -2.48. The van der Waals surface area contributed by atoms with Crippen LogP contribution in [0.1, 0.15) is 24.8 Å². The number of rotatable bonds is 7. The third-order valence-corrected chi connectivity index (χ3v) is 6.60. The van der Waals surface area contributed by atoms with Gasteiger partial charge in [-0.1, -0.05) is 54.6 Å². The lowest BCUT2D eigenvalue weighted by atomic mass is 9.97. The highest BCUT2D eigenvalue weighted by atomic mass is 32.2. The first-order valence-corrected chi connectivity index (χ1v) is 12.4. The molecule has 166 valence electrons. The lowest BCUT2D eigenvalue weighted by Gasteiger charge is -2.28. The van der Waals surface area contributed by atoms with E-state index in [-0.39, 0.29) is 6.61 Å². The smallest absolute Gasteiger partial charge is 0.410 e. The quantitative estimate of drug-likeness (QED) is 0.706. The van der Waals surface area contributed by atoms with E-state index in [1.165, 1.54) is 4.90 Å². The summed E-state index contributed by atoms with van der Waals surface area (Å²) in [7, 11) is -3.45. The number of sulfonamides is 1. The minimum Gasteiger partial charge on any atom is -0.446 e. The summed E-state index contributed by atoms with van der Waals surface area (Å²) in [6, 6.07) is 17.1. The third kappa shape index (κ3) is 5.62. The highest BCUT2D eigenvalue weighted by Crippen LogP contribution is 2.40. The molecule has 0 spiro atoms. The zero-order chi connectivity index (χ0) is 22.1. The average Bonchev–Trinajstić information content (AvgIpc) is 3.36. The highest BCUT2D eigenvalue weighted by molar-refractivity contribution is 7.88. The Balaban J connectivity index is 1.54. The number of alkyl halides is 1. The molecule has 0 aromatic heterocycles. The van der Waals surface area contributed by atoms with Crippen molar-refractivity contribution in [3.05, 3.63) is 60.2 Å². The summed E-state index contributed by atoms with van der Waals surface area (Å²) in [5, 5.41) is 0. The summed E-state index contributed by atoms with van der Waals surface area (Å²) in [4.78, 5) is 14.2. The summed E-state index contributed by atoms with van der Waals surface area (Å²) in [5.41, 5.74) is 1.72. The first kappa shape index (κ1) is 21.8. The van der Waals surface area contributed by atoms with Crippen molar-refractivity contribution in [3.63, 3.8) is 0 Å². The molecule has 8 heteroatoms. The summed E-state index contributed by atoms with van der Waals surface area (Å²) in [5.74, 6) is 0. The second kappa shape index (κ2) is 8.59. The van der Waals surface area contributed by atoms with Gasteiger partial charge in [-0.3, -0.25) is 0 Å². The molecule has 0 radical (unpaired) electrons. The van der Waals surface area contributed by atoms with E-state index in [4.69, 9.17) is 4.74 Å². The monoisotopic (exact) mass is 446 g/mol. The van der Waals surface area contributed by atoms with Gasteiger partial charge in [-0.2, -0.15) is 0 Å². The second-order valence-corrected chi connectivity index (χ2v) is 10.3. The normalized spacial score (nSPS) is 22.3. The first-order valence-electron chi connectivity index (χ1n) is 10.5. The largest absolute Gasteiger partial charge is 0.446 e. The van der Waals surface area contributed by atoms with Gasteiger partial charge >= 0.3 is 6.09 Å². The average molecular weight is 447 g/mol. The predicted molar refractivity (Wildman–Crippen MR) is 117 cm³/mol. The van der Waals surface area contributed by atoms with Gasteiger partial charge in [-0.15, -0.1) is 0 Å². The number of carbonyl (C=O) groups excluding carboxylic acids is 1. The van der Waals surface area contributed by atoms with Crippen LogP contribution in [0.4, 0.5) is 9.18 Å². The van der Waals surface area contributed by atoms with E-state index in [0.29, 0.717) is 32.2 Å². The SMILES string of the molecule is CS(=O)(=O)NC1CCN(C(=O)OCC2(F)CC2)C1Cc1cccc(-c2ccccc2)c1. The fraction of sp³-hybridized carbons (Fsp3) is 0.435. The van der Waals surface area contributed by atoms with Crippen LogP contribution in [-0.2, 0) is 21.2 Å². The molecular formula is C23H27FN2O4S. The van der Waals surface area contributed by atoms with E-state index in [1.807, 2.05) is 48.5 Å². The Morgan fingerprint density at radius 3 is 2.55 bits per heavy atom. The molecule has 2 unspecified atom stereocenters. The molecule has 1 aliphatic carbocycles. The molecule has 2 aromatic rings. The molecule has 2 fully saturated rings. The fourth-order valence-electron chi connectivity index (χ4n) is 4.05. The predicted octanol–water partition coefficient (Wildman–Crippen LogP) is 3.53. The molecule has 1 saturated carbocycles. The van der Waals surface area contributed by atoms with Crippen LogP contribution in [0.5, 0.6) is 0 Å². The van der Waals surface area contributed by atoms with E-state index in [9.17, 15) is 17.6 Å². The topological polar surface area (TPSA) is 75.7 Å². The Morgan fingerprint density at radius 1 is 1.16 bits per heavy atom. The molecule has 1 saturated heterocycles. The van der Waals surface area contributed by atoms with Crippen LogP contribution in [-0.4, -0.2) is 56.6 Å². The maximum atomic E-state index is 13.9. The number of nitrogens with one attached hydrogen (secondary N) is 1. The van der Waals surface area contributed by atoms with E-state index in [2.05, 4.69) is 10.8 Å². The molecule has 0 bridgehead atoms. The minimum absolute atomic E-state index is 0.247. The molecule has 1 amide bonds. The Bertz CT molecular complexity index is 1040. The van der Waals surface area contributed by atoms with Gasteiger partial charge < -0.3 is 9.64 Å². The van der Waals surface area contributed by atoms with Crippen LogP contribution in [0.2, 0.25) is 0 Å². The Labute approximate surface area is 182 Å². The van der Waals surface area contributed by atoms with Crippen LogP contribution in [0, 0.1) is 0 Å². The molecule has 2 atom stereocenters. The molecule has 6 nitrogen and oxygen atoms in total. The molecule has 4 rings (SSSR count). The number of likely N-dealkylation sites (tertiary alicyclic amines) is 1. The van der Waals surface area contributed by atoms with Gasteiger partial charge in [-0.25, -0.2) is 22.3 Å². The van der Waals surface area contributed by atoms with E-state index >= 15 is 0 Å². The number of carbonyl (C=O) groups is 1. The minimum atomic E-state index is -3.45. The number of nitrogens with zero attached hydrogens (tertiary/aromatic N) is 1. The second-order valence-electron chi connectivity index (χ2n) is 8.52. The van der Waals surface area contributed by atoms with Crippen LogP contribution >= 0.6 is 0 Å². The number of hydrogen-bond donors (Lipinski definition) is 1. The molecule has 1 N–H and O–H groups in total. The molecule has 1 aliphatic heterocycles. The summed E-state index contributed by atoms with van der Waals surface area (Å²) in [6.45, 7) is 0.108. The number of amides is 1. The van der Waals surface area contributed by atoms with Crippen LogP contribution < -0.4 is 4.72 Å². The van der Waals surface area contributed by atoms with Crippen LogP contribution in [0.3, 0.4) is 0 Å². The Kier molecular flexibility index (Phi) is 6.03. The van der Waals surface area contributed by atoms with Crippen molar-refractivity contribution in [2.75, 3.05) is 19.4 Å². The zero-order valence-corrected chi connectivity index (χ0v) is 18.3. The number of benzene rings is 2. The van der Waals surface area contributed by atoms with Gasteiger partial charge in [0.1, 0.15) is 12.3 Å². The Hall–Kier alpha value is -2.45. The summed E-state index contributed by atoms with van der Waals surface area (Å²) >= 11 is 0. The molecule has 1 heterocycles. The number of ether oxygens (including phenoxy) is 1. The Morgan fingerprint density at radius 2 is 1.87 bits per heavy atom. The lowest BCUT2D eigenvalue weighted by molar-refractivity contribution is 0.0668. The van der Waals surface area contributed by atoms with E-state index < -0.39 is 33.9 Å². The standard InChI is InChI=1S/C23H27FN2O4S/c1-31(28,29)25-20-10-13-26(22(27)30-16-23(24)11-12-23)21(20)15-17-6-5-9-19(14-17)18-7-3-2-4-8-18/h2-9,14,20-21,25H,10-13,15-16H2,1H3. The molecular weight excluding hydrogens is 419 g/mol. The van der Waals surface area contributed by atoms with Crippen LogP contribution in [0.15, 0.2) is 54.6 Å². The van der Waals surface area contributed by atoms with Crippen molar-refractivity contribution in [2.45, 2.75) is 43.4 Å².